The first-order valence-corrected chi connectivity index (χ1v) is 7.91. The third-order valence-electron chi connectivity index (χ3n) is 3.74. The molecule has 0 atom stereocenters. The van der Waals surface area contributed by atoms with Gasteiger partial charge in [0.2, 0.25) is 0 Å². The number of rotatable bonds is 5. The lowest BCUT2D eigenvalue weighted by molar-refractivity contribution is 0.0518. The van der Waals surface area contributed by atoms with Crippen LogP contribution in [0, 0.1) is 17.8 Å². The smallest absolute Gasteiger partial charge is 0.360 e. The minimum Gasteiger partial charge on any atom is -0.461 e. The van der Waals surface area contributed by atoms with Crippen LogP contribution in [0.25, 0.3) is 0 Å². The van der Waals surface area contributed by atoms with Crippen molar-refractivity contribution in [2.75, 3.05) is 6.61 Å². The molecule has 1 N–H and O–H groups in total. The number of aromatic nitrogens is 3. The van der Waals surface area contributed by atoms with Crippen LogP contribution in [0.2, 0.25) is 0 Å². The molecule has 1 heterocycles. The highest BCUT2D eigenvalue weighted by atomic mass is 16.5. The molecule has 3 rings (SSSR count). The largest absolute Gasteiger partial charge is 0.461 e. The van der Waals surface area contributed by atoms with Crippen molar-refractivity contribution in [2.45, 2.75) is 32.6 Å². The zero-order chi connectivity index (χ0) is 16.1. The van der Waals surface area contributed by atoms with Crippen molar-refractivity contribution in [3.8, 4) is 11.8 Å². The molecule has 1 aromatic heterocycles. The van der Waals surface area contributed by atoms with Gasteiger partial charge in [-0.15, -0.1) is 5.10 Å². The van der Waals surface area contributed by atoms with E-state index >= 15 is 0 Å². The second-order valence-corrected chi connectivity index (χ2v) is 5.68. The van der Waals surface area contributed by atoms with Gasteiger partial charge in [0.15, 0.2) is 5.69 Å². The molecule has 1 aromatic carbocycles. The first-order chi connectivity index (χ1) is 11.3. The Kier molecular flexibility index (Phi) is 4.72. The Morgan fingerprint density at radius 3 is 2.83 bits per heavy atom. The number of carbonyl (C=O) groups is 1. The van der Waals surface area contributed by atoms with E-state index in [1.54, 1.807) is 6.92 Å². The lowest BCUT2D eigenvalue weighted by Crippen LogP contribution is -2.08. The summed E-state index contributed by atoms with van der Waals surface area (Å²) >= 11 is 0. The molecular formula is C18H19N3O2. The van der Waals surface area contributed by atoms with Gasteiger partial charge in [0, 0.05) is 18.4 Å². The molecule has 1 aliphatic rings. The number of esters is 1. The lowest BCUT2D eigenvalue weighted by atomic mass is 10.1. The lowest BCUT2D eigenvalue weighted by Gasteiger charge is -2.02. The summed E-state index contributed by atoms with van der Waals surface area (Å²) in [4.78, 5) is 11.8. The molecule has 0 spiro atoms. The van der Waals surface area contributed by atoms with E-state index in [-0.39, 0.29) is 5.69 Å². The summed E-state index contributed by atoms with van der Waals surface area (Å²) in [6.45, 7) is 2.08. The fraction of sp³-hybridized carbons (Fsp3) is 0.389. The van der Waals surface area contributed by atoms with Gasteiger partial charge >= 0.3 is 5.97 Å². The van der Waals surface area contributed by atoms with Crippen LogP contribution >= 0.6 is 0 Å². The van der Waals surface area contributed by atoms with Crippen molar-refractivity contribution >= 4 is 5.97 Å². The third-order valence-corrected chi connectivity index (χ3v) is 3.74. The third kappa shape index (κ3) is 4.19. The topological polar surface area (TPSA) is 67.9 Å². The zero-order valence-electron chi connectivity index (χ0n) is 13.1. The Hall–Kier alpha value is -2.61. The summed E-state index contributed by atoms with van der Waals surface area (Å²) in [5.41, 5.74) is 2.99. The van der Waals surface area contributed by atoms with Crippen molar-refractivity contribution in [3.63, 3.8) is 0 Å². The van der Waals surface area contributed by atoms with Crippen LogP contribution in [0.4, 0.5) is 0 Å². The highest BCUT2D eigenvalue weighted by Gasteiger charge is 2.19. The maximum atomic E-state index is 11.8. The highest BCUT2D eigenvalue weighted by molar-refractivity contribution is 5.88. The molecule has 1 fully saturated rings. The highest BCUT2D eigenvalue weighted by Crippen LogP contribution is 2.31. The molecule has 0 amide bonds. The molecule has 1 aliphatic carbocycles. The number of hydrogen-bond acceptors (Lipinski definition) is 4. The van der Waals surface area contributed by atoms with Crippen molar-refractivity contribution in [1.29, 1.82) is 0 Å². The maximum Gasteiger partial charge on any atom is 0.360 e. The van der Waals surface area contributed by atoms with E-state index in [0.717, 1.165) is 23.5 Å². The van der Waals surface area contributed by atoms with E-state index in [1.165, 1.54) is 12.8 Å². The minimum atomic E-state index is -0.446. The fourth-order valence-electron chi connectivity index (χ4n) is 2.26. The van der Waals surface area contributed by atoms with Gasteiger partial charge in [0.1, 0.15) is 0 Å². The number of hydrogen-bond donors (Lipinski definition) is 1. The Morgan fingerprint density at radius 2 is 2.13 bits per heavy atom. The number of H-pyrrole nitrogens is 1. The molecule has 1 saturated carbocycles. The zero-order valence-corrected chi connectivity index (χ0v) is 13.1. The van der Waals surface area contributed by atoms with Gasteiger partial charge < -0.3 is 4.74 Å². The molecule has 0 saturated heterocycles. The van der Waals surface area contributed by atoms with Crippen molar-refractivity contribution < 1.29 is 9.53 Å². The maximum absolute atomic E-state index is 11.8. The van der Waals surface area contributed by atoms with E-state index in [4.69, 9.17) is 4.74 Å². The molecule has 23 heavy (non-hydrogen) atoms. The van der Waals surface area contributed by atoms with Crippen LogP contribution in [0.1, 0.15) is 53.5 Å². The van der Waals surface area contributed by atoms with Crippen molar-refractivity contribution in [2.24, 2.45) is 5.92 Å². The number of nitrogens with one attached hydrogen (secondary N) is 1. The van der Waals surface area contributed by atoms with Crippen LogP contribution in [-0.2, 0) is 11.2 Å². The van der Waals surface area contributed by atoms with E-state index in [1.807, 2.05) is 24.3 Å². The first kappa shape index (κ1) is 15.3. The van der Waals surface area contributed by atoms with Gasteiger partial charge in [0.05, 0.1) is 12.3 Å². The van der Waals surface area contributed by atoms with Gasteiger partial charge in [0.25, 0.3) is 0 Å². The number of benzene rings is 1. The van der Waals surface area contributed by atoms with Gasteiger partial charge in [-0.2, -0.15) is 0 Å². The van der Waals surface area contributed by atoms with Gasteiger partial charge in [-0.25, -0.2) is 4.79 Å². The summed E-state index contributed by atoms with van der Waals surface area (Å²) in [5.74, 6) is 6.81. The van der Waals surface area contributed by atoms with Gasteiger partial charge in [-0.05, 0) is 43.4 Å². The molecule has 0 unspecified atom stereocenters. The second kappa shape index (κ2) is 7.10. The molecule has 118 valence electrons. The van der Waals surface area contributed by atoms with Gasteiger partial charge in [-0.1, -0.05) is 29.2 Å². The van der Waals surface area contributed by atoms with Crippen LogP contribution in [0.15, 0.2) is 24.3 Å². The Balaban J connectivity index is 1.64. The monoisotopic (exact) mass is 309 g/mol. The van der Waals surface area contributed by atoms with Crippen molar-refractivity contribution in [1.82, 2.24) is 15.4 Å². The second-order valence-electron chi connectivity index (χ2n) is 5.68. The van der Waals surface area contributed by atoms with E-state index in [9.17, 15) is 4.79 Å². The molecule has 0 bridgehead atoms. The number of ether oxygens (including phenoxy) is 1. The van der Waals surface area contributed by atoms with Crippen LogP contribution in [0.5, 0.6) is 0 Å². The minimum absolute atomic E-state index is 0.250. The molecule has 0 radical (unpaired) electrons. The summed E-state index contributed by atoms with van der Waals surface area (Å²) < 4.78 is 4.97. The van der Waals surface area contributed by atoms with Crippen LogP contribution < -0.4 is 0 Å². The molecule has 0 aliphatic heterocycles. The van der Waals surface area contributed by atoms with Crippen molar-refractivity contribution in [3.05, 3.63) is 46.8 Å². The van der Waals surface area contributed by atoms with Crippen LogP contribution in [0.3, 0.4) is 0 Å². The SMILES string of the molecule is CCOC(=O)c1nn[nH]c1Cc1ccc(C#CCC2CC2)cc1. The summed E-state index contributed by atoms with van der Waals surface area (Å²) in [7, 11) is 0. The number of carbonyl (C=O) groups excluding carboxylic acids is 1. The molecular weight excluding hydrogens is 290 g/mol. The van der Waals surface area contributed by atoms with Gasteiger partial charge in [-0.3, -0.25) is 5.10 Å². The predicted octanol–water partition coefficient (Wildman–Crippen LogP) is 2.72. The molecule has 2 aromatic rings. The Bertz CT molecular complexity index is 734. The van der Waals surface area contributed by atoms with E-state index in [0.29, 0.717) is 18.7 Å². The number of nitrogens with zero attached hydrogens (tertiary/aromatic N) is 2. The Morgan fingerprint density at radius 1 is 1.35 bits per heavy atom. The number of aromatic amines is 1. The van der Waals surface area contributed by atoms with Crippen LogP contribution in [-0.4, -0.2) is 28.0 Å². The molecule has 5 nitrogen and oxygen atoms in total. The Labute approximate surface area is 135 Å². The summed E-state index contributed by atoms with van der Waals surface area (Å²) in [6.07, 6.45) is 4.21. The standard InChI is InChI=1S/C18H19N3O2/c1-2-23-18(22)17-16(19-21-20-17)12-15-10-8-14(9-11-15)5-3-4-13-6-7-13/h8-11,13H,2,4,6-7,12H2,1H3,(H,19,20,21). The van der Waals surface area contributed by atoms with E-state index in [2.05, 4.69) is 27.3 Å². The summed E-state index contributed by atoms with van der Waals surface area (Å²) in [5, 5.41) is 10.3. The average Bonchev–Trinajstić information content (AvgIpc) is 3.26. The predicted molar refractivity (Wildman–Crippen MR) is 85.8 cm³/mol. The normalized spacial score (nSPS) is 13.3. The first-order valence-electron chi connectivity index (χ1n) is 7.91. The fourth-order valence-corrected chi connectivity index (χ4v) is 2.26. The molecule has 5 heteroatoms. The van der Waals surface area contributed by atoms with E-state index < -0.39 is 5.97 Å². The quantitative estimate of drug-likeness (QED) is 0.681. The summed E-state index contributed by atoms with van der Waals surface area (Å²) in [6, 6.07) is 8.03. The average molecular weight is 309 g/mol.